The van der Waals surface area contributed by atoms with Crippen LogP contribution in [0.3, 0.4) is 0 Å². The summed E-state index contributed by atoms with van der Waals surface area (Å²) in [6, 6.07) is 8.18. The average Bonchev–Trinajstić information content (AvgIpc) is 2.61. The SMILES string of the molecule is CC(C)NC1CCN(c2ccc(Br)cc2)C1=O. The number of amides is 1. The lowest BCUT2D eigenvalue weighted by Crippen LogP contribution is -2.41. The van der Waals surface area contributed by atoms with E-state index in [9.17, 15) is 4.79 Å². The third kappa shape index (κ3) is 2.87. The maximum Gasteiger partial charge on any atom is 0.244 e. The van der Waals surface area contributed by atoms with Crippen LogP contribution in [0.2, 0.25) is 0 Å². The Kier molecular flexibility index (Phi) is 3.84. The van der Waals surface area contributed by atoms with Gasteiger partial charge < -0.3 is 10.2 Å². The second-order valence-corrected chi connectivity index (χ2v) is 5.54. The molecule has 1 aromatic carbocycles. The molecule has 1 saturated heterocycles. The highest BCUT2D eigenvalue weighted by molar-refractivity contribution is 9.10. The second-order valence-electron chi connectivity index (χ2n) is 4.63. The maximum atomic E-state index is 12.2. The first-order valence-electron chi connectivity index (χ1n) is 5.91. The molecular formula is C13H17BrN2O. The van der Waals surface area contributed by atoms with Crippen LogP contribution >= 0.6 is 15.9 Å². The smallest absolute Gasteiger partial charge is 0.244 e. The van der Waals surface area contributed by atoms with E-state index in [2.05, 4.69) is 35.1 Å². The van der Waals surface area contributed by atoms with Crippen LogP contribution in [0.4, 0.5) is 5.69 Å². The van der Waals surface area contributed by atoms with E-state index in [4.69, 9.17) is 0 Å². The number of hydrogen-bond donors (Lipinski definition) is 1. The van der Waals surface area contributed by atoms with Gasteiger partial charge in [-0.25, -0.2) is 0 Å². The molecule has 1 aliphatic rings. The molecule has 0 aliphatic carbocycles. The van der Waals surface area contributed by atoms with Crippen LogP contribution in [0.5, 0.6) is 0 Å². The van der Waals surface area contributed by atoms with Crippen LogP contribution in [-0.4, -0.2) is 24.5 Å². The standard InChI is InChI=1S/C13H17BrN2O/c1-9(2)15-12-7-8-16(13(12)17)11-5-3-10(14)4-6-11/h3-6,9,12,15H,7-8H2,1-2H3. The molecule has 1 heterocycles. The molecule has 2 rings (SSSR count). The largest absolute Gasteiger partial charge is 0.311 e. The van der Waals surface area contributed by atoms with Gasteiger partial charge >= 0.3 is 0 Å². The third-order valence-electron chi connectivity index (χ3n) is 2.88. The minimum atomic E-state index is -0.0290. The highest BCUT2D eigenvalue weighted by Gasteiger charge is 2.32. The van der Waals surface area contributed by atoms with Gasteiger partial charge in [0.15, 0.2) is 0 Å². The van der Waals surface area contributed by atoms with Crippen molar-refractivity contribution in [1.29, 1.82) is 0 Å². The van der Waals surface area contributed by atoms with E-state index in [0.717, 1.165) is 23.1 Å². The molecule has 0 bridgehead atoms. The zero-order valence-electron chi connectivity index (χ0n) is 10.1. The Morgan fingerprint density at radius 2 is 2.00 bits per heavy atom. The van der Waals surface area contributed by atoms with E-state index in [-0.39, 0.29) is 11.9 Å². The summed E-state index contributed by atoms with van der Waals surface area (Å²) in [5.41, 5.74) is 0.978. The van der Waals surface area contributed by atoms with Crippen molar-refractivity contribution in [2.24, 2.45) is 0 Å². The lowest BCUT2D eigenvalue weighted by molar-refractivity contribution is -0.118. The Hall–Kier alpha value is -0.870. The Morgan fingerprint density at radius 1 is 1.35 bits per heavy atom. The van der Waals surface area contributed by atoms with Crippen molar-refractivity contribution in [3.05, 3.63) is 28.7 Å². The second kappa shape index (κ2) is 5.19. The van der Waals surface area contributed by atoms with Gasteiger partial charge in [0.1, 0.15) is 0 Å². The number of nitrogens with zero attached hydrogens (tertiary/aromatic N) is 1. The van der Waals surface area contributed by atoms with Crippen molar-refractivity contribution >= 4 is 27.5 Å². The molecule has 1 unspecified atom stereocenters. The van der Waals surface area contributed by atoms with E-state index in [1.54, 1.807) is 0 Å². The van der Waals surface area contributed by atoms with Crippen molar-refractivity contribution in [1.82, 2.24) is 5.32 Å². The fraction of sp³-hybridized carbons (Fsp3) is 0.462. The van der Waals surface area contributed by atoms with Gasteiger partial charge in [0.2, 0.25) is 5.91 Å². The monoisotopic (exact) mass is 296 g/mol. The quantitative estimate of drug-likeness (QED) is 0.930. The topological polar surface area (TPSA) is 32.3 Å². The van der Waals surface area contributed by atoms with Crippen molar-refractivity contribution in [2.45, 2.75) is 32.4 Å². The number of halogens is 1. The van der Waals surface area contributed by atoms with Crippen molar-refractivity contribution < 1.29 is 4.79 Å². The summed E-state index contributed by atoms with van der Waals surface area (Å²) in [6.07, 6.45) is 0.882. The molecule has 1 amide bonds. The molecular weight excluding hydrogens is 280 g/mol. The molecule has 4 heteroatoms. The predicted molar refractivity (Wildman–Crippen MR) is 73.2 cm³/mol. The number of nitrogens with one attached hydrogen (secondary N) is 1. The van der Waals surface area contributed by atoms with E-state index in [1.807, 2.05) is 29.2 Å². The molecule has 3 nitrogen and oxygen atoms in total. The first-order valence-corrected chi connectivity index (χ1v) is 6.70. The van der Waals surface area contributed by atoms with E-state index >= 15 is 0 Å². The minimum absolute atomic E-state index is 0.0290. The van der Waals surface area contributed by atoms with E-state index in [1.165, 1.54) is 0 Å². The number of benzene rings is 1. The van der Waals surface area contributed by atoms with Crippen molar-refractivity contribution in [2.75, 3.05) is 11.4 Å². The van der Waals surface area contributed by atoms with Gasteiger partial charge in [-0.05, 0) is 30.7 Å². The predicted octanol–water partition coefficient (Wildman–Crippen LogP) is 2.55. The molecule has 1 atom stereocenters. The van der Waals surface area contributed by atoms with Crippen LogP contribution in [0.25, 0.3) is 0 Å². The van der Waals surface area contributed by atoms with Crippen LogP contribution in [0.1, 0.15) is 20.3 Å². The lowest BCUT2D eigenvalue weighted by atomic mass is 10.2. The van der Waals surface area contributed by atoms with Gasteiger partial charge in [0.25, 0.3) is 0 Å². The van der Waals surface area contributed by atoms with Gasteiger partial charge in [0, 0.05) is 22.7 Å². The maximum absolute atomic E-state index is 12.2. The molecule has 92 valence electrons. The lowest BCUT2D eigenvalue weighted by Gasteiger charge is -2.18. The summed E-state index contributed by atoms with van der Waals surface area (Å²) in [6.45, 7) is 4.93. The molecule has 0 spiro atoms. The molecule has 1 fully saturated rings. The molecule has 0 radical (unpaired) electrons. The summed E-state index contributed by atoms with van der Waals surface area (Å²) in [7, 11) is 0. The summed E-state index contributed by atoms with van der Waals surface area (Å²) in [4.78, 5) is 14.0. The van der Waals surface area contributed by atoms with Crippen molar-refractivity contribution in [3.63, 3.8) is 0 Å². The number of rotatable bonds is 3. The molecule has 1 N–H and O–H groups in total. The summed E-state index contributed by atoms with van der Waals surface area (Å²) in [5, 5.41) is 3.30. The Balaban J connectivity index is 2.09. The molecule has 0 aromatic heterocycles. The number of carbonyl (C=O) groups is 1. The van der Waals surface area contributed by atoms with Gasteiger partial charge in [-0.2, -0.15) is 0 Å². The molecule has 0 saturated carbocycles. The molecule has 1 aromatic rings. The van der Waals surface area contributed by atoms with E-state index in [0.29, 0.717) is 6.04 Å². The molecule has 17 heavy (non-hydrogen) atoms. The van der Waals surface area contributed by atoms with Crippen LogP contribution in [-0.2, 0) is 4.79 Å². The zero-order valence-corrected chi connectivity index (χ0v) is 11.7. The third-order valence-corrected chi connectivity index (χ3v) is 3.41. The summed E-state index contributed by atoms with van der Waals surface area (Å²) in [5.74, 6) is 0.182. The van der Waals surface area contributed by atoms with Gasteiger partial charge in [0.05, 0.1) is 6.04 Å². The number of carbonyl (C=O) groups excluding carboxylic acids is 1. The normalized spacial score (nSPS) is 20.4. The molecule has 1 aliphatic heterocycles. The minimum Gasteiger partial charge on any atom is -0.311 e. The summed E-state index contributed by atoms with van der Waals surface area (Å²) >= 11 is 3.40. The van der Waals surface area contributed by atoms with E-state index < -0.39 is 0 Å². The van der Waals surface area contributed by atoms with Crippen LogP contribution in [0.15, 0.2) is 28.7 Å². The van der Waals surface area contributed by atoms with Gasteiger partial charge in [-0.1, -0.05) is 29.8 Å². The highest BCUT2D eigenvalue weighted by Crippen LogP contribution is 2.23. The Morgan fingerprint density at radius 3 is 2.59 bits per heavy atom. The van der Waals surface area contributed by atoms with Crippen LogP contribution < -0.4 is 10.2 Å². The zero-order chi connectivity index (χ0) is 12.4. The summed E-state index contributed by atoms with van der Waals surface area (Å²) < 4.78 is 1.03. The Bertz CT molecular complexity index is 402. The highest BCUT2D eigenvalue weighted by atomic mass is 79.9. The van der Waals surface area contributed by atoms with Gasteiger partial charge in [-0.15, -0.1) is 0 Å². The first-order chi connectivity index (χ1) is 8.08. The number of hydrogen-bond acceptors (Lipinski definition) is 2. The van der Waals surface area contributed by atoms with Crippen LogP contribution in [0, 0.1) is 0 Å². The first kappa shape index (κ1) is 12.6. The number of anilines is 1. The Labute approximate surface area is 110 Å². The van der Waals surface area contributed by atoms with Gasteiger partial charge in [-0.3, -0.25) is 4.79 Å². The van der Waals surface area contributed by atoms with Crippen molar-refractivity contribution in [3.8, 4) is 0 Å². The fourth-order valence-corrected chi connectivity index (χ4v) is 2.38. The average molecular weight is 297 g/mol. The fourth-order valence-electron chi connectivity index (χ4n) is 2.11.